The molecule has 8 rings (SSSR count). The Kier molecular flexibility index (Phi) is 12.1. The molecular formula is C35H38ClF3N8O4. The maximum atomic E-state index is 13.5. The van der Waals surface area contributed by atoms with Crippen LogP contribution in [0.5, 0.6) is 11.8 Å². The van der Waals surface area contributed by atoms with Crippen molar-refractivity contribution in [1.82, 2.24) is 30.2 Å². The number of anilines is 3. The van der Waals surface area contributed by atoms with E-state index in [4.69, 9.17) is 21.1 Å². The quantitative estimate of drug-likeness (QED) is 0.217. The van der Waals surface area contributed by atoms with Gasteiger partial charge in [-0.3, -0.25) is 14.6 Å². The number of aryl methyl sites for hydroxylation is 1. The van der Waals surface area contributed by atoms with Gasteiger partial charge in [-0.2, -0.15) is 28.1 Å². The Balaban J connectivity index is 1.36. The lowest BCUT2D eigenvalue weighted by Gasteiger charge is -2.33. The predicted molar refractivity (Wildman–Crippen MR) is 185 cm³/mol. The highest BCUT2D eigenvalue weighted by Crippen LogP contribution is 2.27. The van der Waals surface area contributed by atoms with E-state index in [0.29, 0.717) is 67.5 Å². The van der Waals surface area contributed by atoms with E-state index in [1.165, 1.54) is 0 Å². The first-order valence-electron chi connectivity index (χ1n) is 16.2. The van der Waals surface area contributed by atoms with E-state index in [-0.39, 0.29) is 30.3 Å². The van der Waals surface area contributed by atoms with Crippen LogP contribution in [0.1, 0.15) is 48.2 Å². The first kappa shape index (κ1) is 37.1. The Morgan fingerprint density at radius 2 is 1.76 bits per heavy atom. The highest BCUT2D eigenvalue weighted by Gasteiger charge is 2.29. The normalized spacial score (nSPS) is 15.5. The van der Waals surface area contributed by atoms with Crippen LogP contribution in [0.25, 0.3) is 0 Å². The topological polar surface area (TPSA) is 143 Å². The minimum Gasteiger partial charge on any atom is -0.492 e. The molecule has 0 saturated heterocycles. The minimum atomic E-state index is -4.60. The van der Waals surface area contributed by atoms with Crippen molar-refractivity contribution in [2.24, 2.45) is 5.41 Å². The van der Waals surface area contributed by atoms with Crippen molar-refractivity contribution < 1.29 is 32.2 Å². The molecule has 16 heteroatoms. The number of ether oxygens (including phenoxy) is 2. The SMILES string of the molecule is CC1(C)CNC(=O)c2ccc(cc2)Nc2nc(nc(OCC(F)(F)F)n2)NCc2ccc(c(Cl)c2)OCCCN(C(=O)CCc2ccncc2)C1. The fourth-order valence-electron chi connectivity index (χ4n) is 5.17. The van der Waals surface area contributed by atoms with Gasteiger partial charge >= 0.3 is 12.2 Å². The van der Waals surface area contributed by atoms with E-state index in [0.717, 1.165) is 11.1 Å². The van der Waals surface area contributed by atoms with E-state index in [2.05, 4.69) is 35.9 Å². The molecule has 4 aliphatic heterocycles. The molecular weight excluding hydrogens is 689 g/mol. The van der Waals surface area contributed by atoms with Crippen LogP contribution in [-0.2, 0) is 17.8 Å². The molecule has 12 nitrogen and oxygen atoms in total. The van der Waals surface area contributed by atoms with Crippen molar-refractivity contribution >= 4 is 41.0 Å². The first-order valence-corrected chi connectivity index (χ1v) is 16.6. The molecule has 0 radical (unpaired) electrons. The van der Waals surface area contributed by atoms with E-state index in [9.17, 15) is 22.8 Å². The standard InChI is InChI=1S/C35H38ClF3N8O4/c1-34(2)20-42-30(49)25-6-8-26(9-7-25)43-32-44-31(45-33(46-32)51-22-35(37,38)39)41-19-24-4-10-28(27(36)18-24)50-17-3-16-47(21-34)29(48)11-5-23-12-14-40-15-13-23/h4,6-10,12-15,18H,3,5,11,16-17,19-22H2,1-2H3,(H,42,49)(H2,41,43,44,45,46). The van der Waals surface area contributed by atoms with Crippen LogP contribution < -0.4 is 25.4 Å². The van der Waals surface area contributed by atoms with Crippen LogP contribution >= 0.6 is 11.6 Å². The second-order valence-electron chi connectivity index (χ2n) is 12.7. The summed E-state index contributed by atoms with van der Waals surface area (Å²) in [6.07, 6.45) is 0.232. The van der Waals surface area contributed by atoms with Gasteiger partial charge in [-0.15, -0.1) is 0 Å². The molecule has 0 saturated carbocycles. The van der Waals surface area contributed by atoms with Crippen molar-refractivity contribution in [1.29, 1.82) is 0 Å². The van der Waals surface area contributed by atoms with E-state index in [1.807, 2.05) is 30.9 Å². The number of hydrogen-bond donors (Lipinski definition) is 3. The number of nitrogens with zero attached hydrogens (tertiary/aromatic N) is 5. The molecule has 6 heterocycles. The molecule has 2 aromatic heterocycles. The van der Waals surface area contributed by atoms with Gasteiger partial charge in [0.05, 0.1) is 11.6 Å². The molecule has 6 bridgehead atoms. The number of aromatic nitrogens is 4. The third kappa shape index (κ3) is 11.7. The lowest BCUT2D eigenvalue weighted by atomic mass is 9.92. The number of carbonyl (C=O) groups excluding carboxylic acids is 2. The summed E-state index contributed by atoms with van der Waals surface area (Å²) in [5, 5.41) is 9.20. The van der Waals surface area contributed by atoms with E-state index >= 15 is 0 Å². The fraction of sp³-hybridized carbons (Fsp3) is 0.371. The average molecular weight is 727 g/mol. The molecule has 0 atom stereocenters. The van der Waals surface area contributed by atoms with Crippen molar-refractivity contribution in [3.8, 4) is 11.8 Å². The van der Waals surface area contributed by atoms with Crippen molar-refractivity contribution in [2.75, 3.05) is 43.5 Å². The fourth-order valence-corrected chi connectivity index (χ4v) is 5.43. The number of amides is 2. The van der Waals surface area contributed by atoms with E-state index in [1.54, 1.807) is 54.9 Å². The van der Waals surface area contributed by atoms with Gasteiger partial charge in [0.15, 0.2) is 6.61 Å². The smallest absolute Gasteiger partial charge is 0.422 e. The largest absolute Gasteiger partial charge is 0.492 e. The van der Waals surface area contributed by atoms with Crippen LogP contribution in [-0.4, -0.2) is 75.7 Å². The Bertz CT molecular complexity index is 1800. The Morgan fingerprint density at radius 3 is 2.49 bits per heavy atom. The maximum Gasteiger partial charge on any atom is 0.422 e. The van der Waals surface area contributed by atoms with Gasteiger partial charge in [-0.05, 0) is 77.9 Å². The van der Waals surface area contributed by atoms with Crippen molar-refractivity contribution in [2.45, 2.75) is 45.8 Å². The number of carbonyl (C=O) groups is 2. The summed E-state index contributed by atoms with van der Waals surface area (Å²) in [4.78, 5) is 44.7. The molecule has 2 amide bonds. The Morgan fingerprint density at radius 1 is 1.02 bits per heavy atom. The lowest BCUT2D eigenvalue weighted by molar-refractivity contribution is -0.154. The highest BCUT2D eigenvalue weighted by molar-refractivity contribution is 6.32. The Hall–Kier alpha value is -5.18. The van der Waals surface area contributed by atoms with Gasteiger partial charge in [0.1, 0.15) is 5.75 Å². The number of rotatable bonds is 5. The number of alkyl halides is 3. The average Bonchev–Trinajstić information content (AvgIpc) is 3.10. The van der Waals surface area contributed by atoms with E-state index < -0.39 is 24.2 Å². The second kappa shape index (κ2) is 16.7. The molecule has 270 valence electrons. The van der Waals surface area contributed by atoms with Crippen molar-refractivity contribution in [3.05, 3.63) is 88.7 Å². The second-order valence-corrected chi connectivity index (χ2v) is 13.1. The zero-order valence-electron chi connectivity index (χ0n) is 28.1. The summed E-state index contributed by atoms with van der Waals surface area (Å²) in [5.74, 6) is 0.000492. The molecule has 0 spiro atoms. The van der Waals surface area contributed by atoms with Crippen LogP contribution in [0.4, 0.5) is 30.8 Å². The summed E-state index contributed by atoms with van der Waals surface area (Å²) in [6, 6.07) is 14.8. The third-order valence-electron chi connectivity index (χ3n) is 7.74. The maximum absolute atomic E-state index is 13.5. The van der Waals surface area contributed by atoms with Gasteiger partial charge in [0.25, 0.3) is 5.91 Å². The summed E-state index contributed by atoms with van der Waals surface area (Å²) in [5.41, 5.74) is 2.10. The summed E-state index contributed by atoms with van der Waals surface area (Å²) in [7, 11) is 0. The molecule has 2 aromatic carbocycles. The van der Waals surface area contributed by atoms with Gasteiger partial charge < -0.3 is 30.3 Å². The van der Waals surface area contributed by atoms with Crippen LogP contribution in [0.15, 0.2) is 67.0 Å². The molecule has 0 fully saturated rings. The van der Waals surface area contributed by atoms with Gasteiger partial charge in [-0.1, -0.05) is 31.5 Å². The number of halogens is 4. The third-order valence-corrected chi connectivity index (χ3v) is 8.03. The number of hydrogen-bond acceptors (Lipinski definition) is 10. The molecule has 0 aliphatic carbocycles. The summed E-state index contributed by atoms with van der Waals surface area (Å²) >= 11 is 6.53. The molecule has 51 heavy (non-hydrogen) atoms. The zero-order chi connectivity index (χ0) is 36.4. The monoisotopic (exact) mass is 726 g/mol. The van der Waals surface area contributed by atoms with Crippen molar-refractivity contribution in [3.63, 3.8) is 0 Å². The molecule has 4 aliphatic rings. The predicted octanol–water partition coefficient (Wildman–Crippen LogP) is 6.22. The Labute approximate surface area is 298 Å². The number of nitrogens with one attached hydrogen (secondary N) is 3. The first-order chi connectivity index (χ1) is 24.3. The van der Waals surface area contributed by atoms with Crippen LogP contribution in [0, 0.1) is 5.41 Å². The van der Waals surface area contributed by atoms with Gasteiger partial charge in [0, 0.05) is 56.2 Å². The van der Waals surface area contributed by atoms with Crippen LogP contribution in [0.3, 0.4) is 0 Å². The number of benzene rings is 2. The zero-order valence-corrected chi connectivity index (χ0v) is 28.9. The molecule has 3 N–H and O–H groups in total. The summed E-state index contributed by atoms with van der Waals surface area (Å²) < 4.78 is 49.4. The van der Waals surface area contributed by atoms with Gasteiger partial charge in [0.2, 0.25) is 17.8 Å². The molecule has 4 aromatic rings. The summed E-state index contributed by atoms with van der Waals surface area (Å²) in [6.45, 7) is 3.96. The highest BCUT2D eigenvalue weighted by atomic mass is 35.5. The molecule has 0 unspecified atom stereocenters. The van der Waals surface area contributed by atoms with Gasteiger partial charge in [-0.25, -0.2) is 0 Å². The minimum absolute atomic E-state index is 0.00651. The lowest BCUT2D eigenvalue weighted by Crippen LogP contribution is -2.45. The van der Waals surface area contributed by atoms with Crippen LogP contribution in [0.2, 0.25) is 5.02 Å². The number of pyridine rings is 1.